The number of nitrogens with one attached hydrogen (secondary N) is 2. The van der Waals surface area contributed by atoms with E-state index in [9.17, 15) is 22.8 Å². The molecule has 2 aromatic rings. The Kier molecular flexibility index (Phi) is 5.82. The van der Waals surface area contributed by atoms with Crippen LogP contribution in [0.25, 0.3) is 11.9 Å². The van der Waals surface area contributed by atoms with Gasteiger partial charge in [0.25, 0.3) is 5.56 Å². The lowest BCUT2D eigenvalue weighted by atomic mass is 10.1. The monoisotopic (exact) mass is 366 g/mol. The first-order chi connectivity index (χ1) is 12.2. The second-order valence-corrected chi connectivity index (χ2v) is 5.69. The molecule has 0 aliphatic heterocycles. The second kappa shape index (κ2) is 7.86. The predicted molar refractivity (Wildman–Crippen MR) is 98.1 cm³/mol. The molecule has 2 rings (SSSR count). The molecule has 0 bridgehead atoms. The molecule has 2 N–H and O–H groups in total. The zero-order valence-corrected chi connectivity index (χ0v) is 14.0. The number of aromatic nitrogens is 1. The summed E-state index contributed by atoms with van der Waals surface area (Å²) in [7, 11) is 0. The number of hydrogen-bond donors (Lipinski definition) is 2. The Hall–Kier alpha value is -3.09. The Labute approximate surface area is 151 Å². The molecule has 1 aromatic heterocycles. The Bertz CT molecular complexity index is 945. The number of amides is 1. The smallest absolute Gasteiger partial charge is 0.252 e. The third-order valence-corrected chi connectivity index (χ3v) is 3.80. The summed E-state index contributed by atoms with van der Waals surface area (Å²) in [5.41, 5.74) is -0.253. The van der Waals surface area contributed by atoms with Crippen LogP contribution in [0.3, 0.4) is 0 Å². The standard InChI is InChI=1S/C19H17F3N2O2.2H2/c1-4-17-15(10(2)20)7-12(19(26)24-17)8-18(25)23-11(3)14-6-5-13(21)9-16(14)22;;/h4-7,9,11H,1-2,8H2,3H3,(H,23,25)(H,24,26);2*1H/t11-;;/m0../s1. The number of pyridine rings is 1. The maximum absolute atomic E-state index is 13.8. The first-order valence-corrected chi connectivity index (χ1v) is 7.70. The van der Waals surface area contributed by atoms with Crippen molar-refractivity contribution in [2.45, 2.75) is 19.4 Å². The Morgan fingerprint density at radius 2 is 2.08 bits per heavy atom. The fraction of sp³-hybridized carbons (Fsp3) is 0.158. The number of H-pyrrole nitrogens is 1. The van der Waals surface area contributed by atoms with Gasteiger partial charge in [0.05, 0.1) is 18.2 Å². The third kappa shape index (κ3) is 4.30. The van der Waals surface area contributed by atoms with Gasteiger partial charge in [-0.25, -0.2) is 13.2 Å². The fourth-order valence-electron chi connectivity index (χ4n) is 2.50. The molecule has 1 atom stereocenters. The average molecular weight is 366 g/mol. The van der Waals surface area contributed by atoms with Crippen molar-refractivity contribution in [3.8, 4) is 0 Å². The van der Waals surface area contributed by atoms with Gasteiger partial charge in [-0.1, -0.05) is 19.2 Å². The highest BCUT2D eigenvalue weighted by molar-refractivity contribution is 5.79. The van der Waals surface area contributed by atoms with Crippen LogP contribution in [0.2, 0.25) is 0 Å². The summed E-state index contributed by atoms with van der Waals surface area (Å²) in [6.45, 7) is 8.18. The molecule has 0 unspecified atom stereocenters. The van der Waals surface area contributed by atoms with Crippen molar-refractivity contribution in [2.24, 2.45) is 0 Å². The number of halogens is 3. The highest BCUT2D eigenvalue weighted by atomic mass is 19.1. The van der Waals surface area contributed by atoms with E-state index in [1.54, 1.807) is 0 Å². The number of hydrogen-bond acceptors (Lipinski definition) is 2. The van der Waals surface area contributed by atoms with Crippen molar-refractivity contribution in [3.05, 3.63) is 81.8 Å². The summed E-state index contributed by atoms with van der Waals surface area (Å²) < 4.78 is 40.2. The molecule has 0 saturated heterocycles. The van der Waals surface area contributed by atoms with E-state index in [2.05, 4.69) is 23.5 Å². The molecule has 1 aromatic carbocycles. The van der Waals surface area contributed by atoms with E-state index in [1.807, 2.05) is 0 Å². The van der Waals surface area contributed by atoms with Crippen molar-refractivity contribution in [2.75, 3.05) is 0 Å². The van der Waals surface area contributed by atoms with Crippen molar-refractivity contribution < 1.29 is 20.8 Å². The molecule has 0 aliphatic carbocycles. The second-order valence-electron chi connectivity index (χ2n) is 5.69. The lowest BCUT2D eigenvalue weighted by Gasteiger charge is -2.15. The minimum atomic E-state index is -0.790. The van der Waals surface area contributed by atoms with Gasteiger partial charge in [-0.15, -0.1) is 0 Å². The first kappa shape index (κ1) is 19.2. The molecule has 0 saturated carbocycles. The van der Waals surface area contributed by atoms with Gasteiger partial charge in [0.15, 0.2) is 0 Å². The Morgan fingerprint density at radius 3 is 2.65 bits per heavy atom. The van der Waals surface area contributed by atoms with Crippen molar-refractivity contribution in [1.82, 2.24) is 10.3 Å². The Balaban J connectivity index is 0.00000364. The van der Waals surface area contributed by atoms with Crippen LogP contribution in [0.1, 0.15) is 38.2 Å². The quantitative estimate of drug-likeness (QED) is 0.807. The van der Waals surface area contributed by atoms with Crippen LogP contribution < -0.4 is 10.9 Å². The summed E-state index contributed by atoms with van der Waals surface area (Å²) in [5, 5.41) is 2.52. The minimum Gasteiger partial charge on any atom is -0.349 e. The van der Waals surface area contributed by atoms with Crippen LogP contribution in [0.4, 0.5) is 13.2 Å². The lowest BCUT2D eigenvalue weighted by molar-refractivity contribution is -0.121. The molecule has 7 heteroatoms. The topological polar surface area (TPSA) is 62.0 Å². The molecule has 0 spiro atoms. The van der Waals surface area contributed by atoms with Crippen molar-refractivity contribution in [1.29, 1.82) is 0 Å². The molecule has 4 nitrogen and oxygen atoms in total. The molecule has 1 heterocycles. The Morgan fingerprint density at radius 1 is 1.38 bits per heavy atom. The molecule has 0 radical (unpaired) electrons. The zero-order chi connectivity index (χ0) is 19.4. The minimum absolute atomic E-state index is 0. The number of carbonyl (C=O) groups excluding carboxylic acids is 1. The highest BCUT2D eigenvalue weighted by Crippen LogP contribution is 2.19. The largest absolute Gasteiger partial charge is 0.349 e. The van der Waals surface area contributed by atoms with E-state index in [4.69, 9.17) is 0 Å². The SMILES string of the molecule is C=Cc1[nH]c(=O)c(CC(=O)N[C@@H](C)c2ccc(F)cc2F)cc1C(=C)F.[HH].[HH]. The number of rotatable bonds is 6. The van der Waals surface area contributed by atoms with Crippen molar-refractivity contribution in [3.63, 3.8) is 0 Å². The van der Waals surface area contributed by atoms with Gasteiger partial charge in [-0.05, 0) is 25.1 Å². The van der Waals surface area contributed by atoms with Gasteiger partial charge in [0.2, 0.25) is 5.91 Å². The maximum atomic E-state index is 13.8. The number of aromatic amines is 1. The summed E-state index contributed by atoms with van der Waals surface area (Å²) in [4.78, 5) is 26.6. The van der Waals surface area contributed by atoms with E-state index in [0.29, 0.717) is 0 Å². The zero-order valence-electron chi connectivity index (χ0n) is 14.0. The van der Waals surface area contributed by atoms with Gasteiger partial charge >= 0.3 is 0 Å². The summed E-state index contributed by atoms with van der Waals surface area (Å²) in [6.07, 6.45) is 0.922. The summed E-state index contributed by atoms with van der Waals surface area (Å²) >= 11 is 0. The average Bonchev–Trinajstić information content (AvgIpc) is 2.55. The molecule has 1 amide bonds. The number of benzene rings is 1. The van der Waals surface area contributed by atoms with E-state index >= 15 is 0 Å². The van der Waals surface area contributed by atoms with Crippen LogP contribution >= 0.6 is 0 Å². The van der Waals surface area contributed by atoms with Crippen molar-refractivity contribution >= 4 is 17.8 Å². The third-order valence-electron chi connectivity index (χ3n) is 3.80. The fourth-order valence-corrected chi connectivity index (χ4v) is 2.50. The van der Waals surface area contributed by atoms with Crippen LogP contribution in [-0.4, -0.2) is 10.9 Å². The van der Waals surface area contributed by atoms with Gasteiger partial charge in [0, 0.05) is 25.6 Å². The van der Waals surface area contributed by atoms with E-state index < -0.39 is 35.0 Å². The van der Waals surface area contributed by atoms with Gasteiger partial charge in [-0.3, -0.25) is 9.59 Å². The maximum Gasteiger partial charge on any atom is 0.252 e. The molecule has 26 heavy (non-hydrogen) atoms. The molecule has 0 aliphatic rings. The van der Waals surface area contributed by atoms with Crippen LogP contribution in [0.5, 0.6) is 0 Å². The van der Waals surface area contributed by atoms with Crippen LogP contribution in [0.15, 0.2) is 42.2 Å². The van der Waals surface area contributed by atoms with Crippen LogP contribution in [0, 0.1) is 11.6 Å². The van der Waals surface area contributed by atoms with Gasteiger partial charge in [-0.2, -0.15) is 0 Å². The normalized spacial score (nSPS) is 11.7. The van der Waals surface area contributed by atoms with E-state index in [-0.39, 0.29) is 31.7 Å². The van der Waals surface area contributed by atoms with Crippen LogP contribution in [-0.2, 0) is 11.2 Å². The van der Waals surface area contributed by atoms with E-state index in [1.165, 1.54) is 25.1 Å². The summed E-state index contributed by atoms with van der Waals surface area (Å²) in [5.74, 6) is -2.87. The predicted octanol–water partition coefficient (Wildman–Crippen LogP) is 4.15. The van der Waals surface area contributed by atoms with E-state index in [0.717, 1.165) is 12.1 Å². The first-order valence-electron chi connectivity index (χ1n) is 7.70. The number of carbonyl (C=O) groups is 1. The molecular weight excluding hydrogens is 345 g/mol. The highest BCUT2D eigenvalue weighted by Gasteiger charge is 2.17. The lowest BCUT2D eigenvalue weighted by Crippen LogP contribution is -2.30. The molecule has 140 valence electrons. The summed E-state index contributed by atoms with van der Waals surface area (Å²) in [6, 6.07) is 3.51. The van der Waals surface area contributed by atoms with Gasteiger partial charge < -0.3 is 10.3 Å². The molecular formula is C19H21F3N2O2. The van der Waals surface area contributed by atoms with Gasteiger partial charge in [0.1, 0.15) is 17.5 Å². The molecule has 0 fully saturated rings.